The van der Waals surface area contributed by atoms with Crippen LogP contribution in [0.5, 0.6) is 0 Å². The summed E-state index contributed by atoms with van der Waals surface area (Å²) in [5.41, 5.74) is 5.84. The molecule has 1 atom stereocenters. The van der Waals surface area contributed by atoms with Gasteiger partial charge in [0.2, 0.25) is 5.91 Å². The van der Waals surface area contributed by atoms with Crippen molar-refractivity contribution in [3.63, 3.8) is 0 Å². The molecule has 100 valence electrons. The molecule has 0 aromatic carbocycles. The van der Waals surface area contributed by atoms with E-state index in [1.807, 2.05) is 4.90 Å². The van der Waals surface area contributed by atoms with Gasteiger partial charge in [0.15, 0.2) is 0 Å². The van der Waals surface area contributed by atoms with Gasteiger partial charge >= 0.3 is 0 Å². The van der Waals surface area contributed by atoms with Crippen LogP contribution in [0.3, 0.4) is 0 Å². The lowest BCUT2D eigenvalue weighted by Gasteiger charge is -2.41. The van der Waals surface area contributed by atoms with E-state index >= 15 is 0 Å². The molecule has 2 N–H and O–H groups in total. The van der Waals surface area contributed by atoms with Gasteiger partial charge in [-0.3, -0.25) is 4.79 Å². The van der Waals surface area contributed by atoms with E-state index in [1.54, 1.807) is 0 Å². The summed E-state index contributed by atoms with van der Waals surface area (Å²) in [7, 11) is 0. The monoisotopic (exact) mass is 260 g/mol. The molecule has 1 heterocycles. The number of likely N-dealkylation sites (tertiary alicyclic amines) is 1. The Balaban J connectivity index is 0.00000144. The van der Waals surface area contributed by atoms with Crippen molar-refractivity contribution in [2.45, 2.75) is 57.9 Å². The fourth-order valence-corrected chi connectivity index (χ4v) is 2.96. The first-order chi connectivity index (χ1) is 7.49. The molecule has 1 amide bonds. The minimum atomic E-state index is -0.482. The van der Waals surface area contributed by atoms with E-state index < -0.39 is 5.54 Å². The summed E-state index contributed by atoms with van der Waals surface area (Å²) >= 11 is 0. The van der Waals surface area contributed by atoms with Crippen molar-refractivity contribution in [2.24, 2.45) is 11.1 Å². The SMILES string of the molecule is CCCC1(C)CCCN(C(=O)C2(N)CC2)C1.Cl. The molecule has 1 aliphatic carbocycles. The van der Waals surface area contributed by atoms with E-state index in [0.29, 0.717) is 5.41 Å². The van der Waals surface area contributed by atoms with Gasteiger partial charge in [-0.2, -0.15) is 0 Å². The number of halogens is 1. The number of carbonyl (C=O) groups is 1. The molecule has 1 aliphatic heterocycles. The number of piperidine rings is 1. The van der Waals surface area contributed by atoms with Crippen LogP contribution in [0.2, 0.25) is 0 Å². The number of hydrogen-bond acceptors (Lipinski definition) is 2. The smallest absolute Gasteiger partial charge is 0.242 e. The van der Waals surface area contributed by atoms with Gasteiger partial charge in [0.25, 0.3) is 0 Å². The van der Waals surface area contributed by atoms with Crippen molar-refractivity contribution in [1.29, 1.82) is 0 Å². The summed E-state index contributed by atoms with van der Waals surface area (Å²) in [5, 5.41) is 0. The highest BCUT2D eigenvalue weighted by atomic mass is 35.5. The minimum absolute atomic E-state index is 0. The number of nitrogens with zero attached hydrogens (tertiary/aromatic N) is 1. The fourth-order valence-electron chi connectivity index (χ4n) is 2.96. The molecule has 4 heteroatoms. The number of hydrogen-bond donors (Lipinski definition) is 1. The first-order valence-electron chi connectivity index (χ1n) is 6.57. The van der Waals surface area contributed by atoms with Crippen molar-refractivity contribution in [1.82, 2.24) is 4.90 Å². The number of nitrogens with two attached hydrogens (primary N) is 1. The second-order valence-corrected chi connectivity index (χ2v) is 6.05. The van der Waals surface area contributed by atoms with Crippen molar-refractivity contribution in [3.05, 3.63) is 0 Å². The van der Waals surface area contributed by atoms with E-state index in [4.69, 9.17) is 5.73 Å². The van der Waals surface area contributed by atoms with Gasteiger partial charge in [-0.05, 0) is 37.5 Å². The Bertz CT molecular complexity index is 287. The summed E-state index contributed by atoms with van der Waals surface area (Å²) in [6, 6.07) is 0. The molecule has 0 aromatic heterocycles. The third kappa shape index (κ3) is 3.14. The molecule has 2 fully saturated rings. The molecule has 1 unspecified atom stereocenters. The second-order valence-electron chi connectivity index (χ2n) is 6.05. The molecular weight excluding hydrogens is 236 g/mol. The molecule has 2 rings (SSSR count). The number of rotatable bonds is 3. The summed E-state index contributed by atoms with van der Waals surface area (Å²) < 4.78 is 0. The van der Waals surface area contributed by atoms with Crippen LogP contribution < -0.4 is 5.73 Å². The van der Waals surface area contributed by atoms with Crippen molar-refractivity contribution < 1.29 is 4.79 Å². The largest absolute Gasteiger partial charge is 0.341 e. The summed E-state index contributed by atoms with van der Waals surface area (Å²) in [5.74, 6) is 0.203. The Hall–Kier alpha value is -0.280. The Morgan fingerprint density at radius 3 is 2.53 bits per heavy atom. The topological polar surface area (TPSA) is 46.3 Å². The zero-order valence-electron chi connectivity index (χ0n) is 11.0. The minimum Gasteiger partial charge on any atom is -0.341 e. The first-order valence-corrected chi connectivity index (χ1v) is 6.57. The van der Waals surface area contributed by atoms with Gasteiger partial charge in [-0.1, -0.05) is 20.3 Å². The molecule has 3 nitrogen and oxygen atoms in total. The lowest BCUT2D eigenvalue weighted by atomic mass is 9.78. The molecular formula is C13H25ClN2O. The van der Waals surface area contributed by atoms with Crippen molar-refractivity contribution in [2.75, 3.05) is 13.1 Å². The highest BCUT2D eigenvalue weighted by molar-refractivity contribution is 5.89. The highest BCUT2D eigenvalue weighted by Gasteiger charge is 2.49. The molecule has 0 spiro atoms. The van der Waals surface area contributed by atoms with E-state index in [9.17, 15) is 4.79 Å². The zero-order valence-corrected chi connectivity index (χ0v) is 11.8. The maximum Gasteiger partial charge on any atom is 0.242 e. The van der Waals surface area contributed by atoms with Crippen molar-refractivity contribution >= 4 is 18.3 Å². The molecule has 17 heavy (non-hydrogen) atoms. The Labute approximate surface area is 111 Å². The molecule has 1 saturated carbocycles. The van der Waals surface area contributed by atoms with Crippen LogP contribution in [0.25, 0.3) is 0 Å². The van der Waals surface area contributed by atoms with Gasteiger partial charge < -0.3 is 10.6 Å². The van der Waals surface area contributed by atoms with Crippen LogP contribution >= 0.6 is 12.4 Å². The molecule has 2 aliphatic rings. The highest BCUT2D eigenvalue weighted by Crippen LogP contribution is 2.39. The van der Waals surface area contributed by atoms with E-state index in [2.05, 4.69) is 13.8 Å². The van der Waals surface area contributed by atoms with Gasteiger partial charge in [0.05, 0.1) is 5.54 Å². The molecule has 0 radical (unpaired) electrons. The predicted octanol–water partition coefficient (Wildman–Crippen LogP) is 2.33. The van der Waals surface area contributed by atoms with Crippen LogP contribution in [-0.4, -0.2) is 29.4 Å². The average Bonchev–Trinajstić information content (AvgIpc) is 2.97. The Morgan fingerprint density at radius 1 is 1.35 bits per heavy atom. The molecule has 0 bridgehead atoms. The van der Waals surface area contributed by atoms with E-state index in [1.165, 1.54) is 19.3 Å². The van der Waals surface area contributed by atoms with Crippen LogP contribution in [0.4, 0.5) is 0 Å². The first kappa shape index (κ1) is 14.8. The van der Waals surface area contributed by atoms with Gasteiger partial charge in [-0.15, -0.1) is 12.4 Å². The lowest BCUT2D eigenvalue weighted by Crippen LogP contribution is -2.51. The van der Waals surface area contributed by atoms with Crippen LogP contribution in [0, 0.1) is 5.41 Å². The quantitative estimate of drug-likeness (QED) is 0.847. The number of carbonyl (C=O) groups excluding carboxylic acids is 1. The van der Waals surface area contributed by atoms with Crippen molar-refractivity contribution in [3.8, 4) is 0 Å². The zero-order chi connectivity index (χ0) is 11.8. The van der Waals surface area contributed by atoms with Crippen LogP contribution in [0.15, 0.2) is 0 Å². The normalized spacial score (nSPS) is 30.6. The van der Waals surface area contributed by atoms with Gasteiger partial charge in [-0.25, -0.2) is 0 Å². The average molecular weight is 261 g/mol. The van der Waals surface area contributed by atoms with E-state index in [0.717, 1.165) is 32.4 Å². The maximum absolute atomic E-state index is 12.2. The van der Waals surface area contributed by atoms with E-state index in [-0.39, 0.29) is 18.3 Å². The number of amides is 1. The summed E-state index contributed by atoms with van der Waals surface area (Å²) in [4.78, 5) is 14.2. The van der Waals surface area contributed by atoms with Gasteiger partial charge in [0.1, 0.15) is 0 Å². The summed E-state index contributed by atoms with van der Waals surface area (Å²) in [6.45, 7) is 6.36. The van der Waals surface area contributed by atoms with Crippen LogP contribution in [-0.2, 0) is 4.79 Å². The summed E-state index contributed by atoms with van der Waals surface area (Å²) in [6.07, 6.45) is 6.57. The maximum atomic E-state index is 12.2. The second kappa shape index (κ2) is 5.15. The predicted molar refractivity (Wildman–Crippen MR) is 72.2 cm³/mol. The van der Waals surface area contributed by atoms with Crippen LogP contribution in [0.1, 0.15) is 52.4 Å². The molecule has 0 aromatic rings. The standard InChI is InChI=1S/C13H24N2O.ClH/c1-3-5-12(2)6-4-9-15(10-12)11(16)13(14)7-8-13;/h3-10,14H2,1-2H3;1H. The lowest BCUT2D eigenvalue weighted by molar-refractivity contribution is -0.137. The Kier molecular flexibility index (Phi) is 4.48. The third-order valence-electron chi connectivity index (χ3n) is 4.14. The Morgan fingerprint density at radius 2 is 2.00 bits per heavy atom. The molecule has 1 saturated heterocycles. The fraction of sp³-hybridized carbons (Fsp3) is 0.923. The third-order valence-corrected chi connectivity index (χ3v) is 4.14. The van der Waals surface area contributed by atoms with Gasteiger partial charge in [0, 0.05) is 13.1 Å².